The molecule has 1 rings (SSSR count). The lowest BCUT2D eigenvalue weighted by atomic mass is 10.0. The van der Waals surface area contributed by atoms with Gasteiger partial charge in [-0.3, -0.25) is 4.79 Å². The number of likely N-dealkylation sites (N-methyl/N-ethyl adjacent to an activating group) is 1. The average molecular weight is 316 g/mol. The third-order valence-corrected chi connectivity index (χ3v) is 3.75. The van der Waals surface area contributed by atoms with Crippen LogP contribution in [0.25, 0.3) is 0 Å². The van der Waals surface area contributed by atoms with Gasteiger partial charge in [0.1, 0.15) is 0 Å². The number of benzene rings is 1. The maximum atomic E-state index is 12.5. The lowest BCUT2D eigenvalue weighted by Crippen LogP contribution is -2.30. The van der Waals surface area contributed by atoms with Gasteiger partial charge in [-0.1, -0.05) is 46.4 Å². The van der Waals surface area contributed by atoms with Gasteiger partial charge in [-0.05, 0) is 29.5 Å². The Bertz CT molecular complexity index is 534. The van der Waals surface area contributed by atoms with Crippen LogP contribution in [-0.2, 0) is 6.42 Å². The van der Waals surface area contributed by atoms with Crippen LogP contribution in [0.5, 0.6) is 0 Å². The summed E-state index contributed by atoms with van der Waals surface area (Å²) in [5, 5.41) is 0. The molecule has 1 aromatic rings. The summed E-state index contributed by atoms with van der Waals surface area (Å²) in [6.45, 7) is 14.6. The Morgan fingerprint density at radius 2 is 1.61 bits per heavy atom. The second-order valence-corrected chi connectivity index (χ2v) is 7.30. The molecular formula is C20H32N2O. The minimum atomic E-state index is 0.0849. The molecule has 3 nitrogen and oxygen atoms in total. The highest BCUT2D eigenvalue weighted by atomic mass is 16.2. The van der Waals surface area contributed by atoms with Crippen LogP contribution >= 0.6 is 0 Å². The molecule has 1 aromatic carbocycles. The number of carbonyl (C=O) groups excluding carboxylic acids is 1. The van der Waals surface area contributed by atoms with Crippen molar-refractivity contribution in [2.45, 2.75) is 34.1 Å². The summed E-state index contributed by atoms with van der Waals surface area (Å²) < 4.78 is 0. The summed E-state index contributed by atoms with van der Waals surface area (Å²) in [7, 11) is 3.94. The Balaban J connectivity index is 2.77. The van der Waals surface area contributed by atoms with Crippen molar-refractivity contribution >= 4 is 5.91 Å². The van der Waals surface area contributed by atoms with E-state index in [1.54, 1.807) is 4.90 Å². The first-order valence-corrected chi connectivity index (χ1v) is 8.44. The molecule has 0 heterocycles. The van der Waals surface area contributed by atoms with Crippen molar-refractivity contribution in [1.29, 1.82) is 0 Å². The highest BCUT2D eigenvalue weighted by Gasteiger charge is 2.13. The summed E-state index contributed by atoms with van der Waals surface area (Å²) in [4.78, 5) is 16.5. The van der Waals surface area contributed by atoms with Gasteiger partial charge in [0, 0.05) is 44.9 Å². The van der Waals surface area contributed by atoms with Gasteiger partial charge < -0.3 is 9.80 Å². The second-order valence-electron chi connectivity index (χ2n) is 7.30. The fourth-order valence-corrected chi connectivity index (χ4v) is 2.71. The molecule has 0 radical (unpaired) electrons. The number of allylic oxidation sites excluding steroid dienone is 1. The van der Waals surface area contributed by atoms with Crippen LogP contribution < -0.4 is 0 Å². The van der Waals surface area contributed by atoms with Crippen molar-refractivity contribution in [1.82, 2.24) is 9.80 Å². The Hall–Kier alpha value is -1.77. The van der Waals surface area contributed by atoms with Gasteiger partial charge in [-0.2, -0.15) is 0 Å². The Morgan fingerprint density at radius 1 is 1.04 bits per heavy atom. The quantitative estimate of drug-likeness (QED) is 0.722. The maximum absolute atomic E-state index is 12.5. The van der Waals surface area contributed by atoms with Gasteiger partial charge in [0.25, 0.3) is 5.91 Å². The number of amides is 1. The van der Waals surface area contributed by atoms with E-state index in [1.165, 1.54) is 0 Å². The highest BCUT2D eigenvalue weighted by Crippen LogP contribution is 2.14. The minimum absolute atomic E-state index is 0.0849. The molecule has 23 heavy (non-hydrogen) atoms. The number of rotatable bonds is 8. The first kappa shape index (κ1) is 19.3. The Labute approximate surface area is 142 Å². The molecule has 0 aromatic heterocycles. The van der Waals surface area contributed by atoms with Gasteiger partial charge in [-0.15, -0.1) is 0 Å². The van der Waals surface area contributed by atoms with E-state index in [2.05, 4.69) is 52.3 Å². The number of hydrogen-bond acceptors (Lipinski definition) is 2. The SMILES string of the molecule is C=C(Cc1cccc(C(=O)N(C)CC(C)C)c1)N(C)CC(C)C. The van der Waals surface area contributed by atoms with Crippen molar-refractivity contribution in [2.24, 2.45) is 11.8 Å². The molecule has 0 aliphatic carbocycles. The molecule has 0 aliphatic heterocycles. The molecule has 128 valence electrons. The predicted octanol–water partition coefficient (Wildman–Crippen LogP) is 4.06. The molecule has 0 aliphatic rings. The van der Waals surface area contributed by atoms with Gasteiger partial charge in [0.2, 0.25) is 0 Å². The topological polar surface area (TPSA) is 23.6 Å². The van der Waals surface area contributed by atoms with Crippen molar-refractivity contribution < 1.29 is 4.79 Å². The van der Waals surface area contributed by atoms with Gasteiger partial charge in [0.05, 0.1) is 0 Å². The molecule has 0 atom stereocenters. The monoisotopic (exact) mass is 316 g/mol. The predicted molar refractivity (Wildman–Crippen MR) is 98.6 cm³/mol. The van der Waals surface area contributed by atoms with Crippen molar-refractivity contribution in [3.8, 4) is 0 Å². The molecule has 0 saturated heterocycles. The standard InChI is InChI=1S/C20H32N2O/c1-15(2)13-21(6)17(5)11-18-9-8-10-19(12-18)20(23)22(7)14-16(3)4/h8-10,12,15-16H,5,11,13-14H2,1-4,6-7H3. The van der Waals surface area contributed by atoms with E-state index >= 15 is 0 Å². The van der Waals surface area contributed by atoms with Crippen LogP contribution in [0.15, 0.2) is 36.5 Å². The fraction of sp³-hybridized carbons (Fsp3) is 0.550. The molecule has 0 unspecified atom stereocenters. The molecule has 0 saturated carbocycles. The molecule has 0 fully saturated rings. The lowest BCUT2D eigenvalue weighted by molar-refractivity contribution is 0.0779. The molecule has 1 amide bonds. The van der Waals surface area contributed by atoms with Crippen LogP contribution in [0.2, 0.25) is 0 Å². The van der Waals surface area contributed by atoms with Crippen LogP contribution in [0, 0.1) is 11.8 Å². The Morgan fingerprint density at radius 3 is 2.17 bits per heavy atom. The van der Waals surface area contributed by atoms with Crippen LogP contribution in [-0.4, -0.2) is 42.9 Å². The first-order valence-electron chi connectivity index (χ1n) is 8.44. The molecule has 3 heteroatoms. The molecule has 0 spiro atoms. The van der Waals surface area contributed by atoms with E-state index < -0.39 is 0 Å². The largest absolute Gasteiger partial charge is 0.378 e. The lowest BCUT2D eigenvalue weighted by Gasteiger charge is -2.24. The normalized spacial score (nSPS) is 11.0. The number of carbonyl (C=O) groups is 1. The first-order chi connectivity index (χ1) is 10.7. The van der Waals surface area contributed by atoms with E-state index in [9.17, 15) is 4.79 Å². The highest BCUT2D eigenvalue weighted by molar-refractivity contribution is 5.94. The molecular weight excluding hydrogens is 284 g/mol. The van der Waals surface area contributed by atoms with Crippen LogP contribution in [0.4, 0.5) is 0 Å². The van der Waals surface area contributed by atoms with E-state index in [0.717, 1.165) is 36.3 Å². The smallest absolute Gasteiger partial charge is 0.253 e. The third-order valence-electron chi connectivity index (χ3n) is 3.75. The summed E-state index contributed by atoms with van der Waals surface area (Å²) in [6.07, 6.45) is 0.776. The number of nitrogens with zero attached hydrogens (tertiary/aromatic N) is 2. The fourth-order valence-electron chi connectivity index (χ4n) is 2.71. The average Bonchev–Trinajstić information content (AvgIpc) is 2.45. The van der Waals surface area contributed by atoms with Crippen molar-refractivity contribution in [2.75, 3.05) is 27.2 Å². The van der Waals surface area contributed by atoms with Gasteiger partial charge >= 0.3 is 0 Å². The zero-order chi connectivity index (χ0) is 17.6. The summed E-state index contributed by atoms with van der Waals surface area (Å²) in [5.41, 5.74) is 2.97. The van der Waals surface area contributed by atoms with E-state index in [1.807, 2.05) is 25.2 Å². The molecule has 0 N–H and O–H groups in total. The van der Waals surface area contributed by atoms with E-state index in [4.69, 9.17) is 0 Å². The van der Waals surface area contributed by atoms with Crippen LogP contribution in [0.3, 0.4) is 0 Å². The summed E-state index contributed by atoms with van der Waals surface area (Å²) >= 11 is 0. The van der Waals surface area contributed by atoms with Crippen LogP contribution in [0.1, 0.15) is 43.6 Å². The van der Waals surface area contributed by atoms with E-state index in [-0.39, 0.29) is 5.91 Å². The summed E-state index contributed by atoms with van der Waals surface area (Å²) in [6, 6.07) is 7.91. The zero-order valence-corrected chi connectivity index (χ0v) is 15.6. The molecule has 0 bridgehead atoms. The van der Waals surface area contributed by atoms with Crippen molar-refractivity contribution in [3.05, 3.63) is 47.7 Å². The third kappa shape index (κ3) is 6.47. The van der Waals surface area contributed by atoms with Crippen molar-refractivity contribution in [3.63, 3.8) is 0 Å². The van der Waals surface area contributed by atoms with Gasteiger partial charge in [-0.25, -0.2) is 0 Å². The van der Waals surface area contributed by atoms with Gasteiger partial charge in [0.15, 0.2) is 0 Å². The maximum Gasteiger partial charge on any atom is 0.253 e. The summed E-state index contributed by atoms with van der Waals surface area (Å²) in [5.74, 6) is 1.16. The zero-order valence-electron chi connectivity index (χ0n) is 15.6. The van der Waals surface area contributed by atoms with E-state index in [0.29, 0.717) is 11.8 Å². The Kier molecular flexibility index (Phi) is 7.34. The minimum Gasteiger partial charge on any atom is -0.378 e. The second kappa shape index (κ2) is 8.76. The number of hydrogen-bond donors (Lipinski definition) is 0.